The lowest BCUT2D eigenvalue weighted by atomic mass is 9.85. The van der Waals surface area contributed by atoms with Gasteiger partial charge in [-0.1, -0.05) is 24.3 Å². The molecule has 2 N–H and O–H groups in total. The van der Waals surface area contributed by atoms with Gasteiger partial charge in [-0.15, -0.1) is 0 Å². The summed E-state index contributed by atoms with van der Waals surface area (Å²) in [5.41, 5.74) is -0.600. The van der Waals surface area contributed by atoms with Crippen molar-refractivity contribution in [3.05, 3.63) is 71.8 Å². The molecular weight excluding hydrogens is 463 g/mol. The molecule has 3 atom stereocenters. The number of nitrogens with one attached hydrogen (secondary N) is 2. The molecule has 2 aliphatic rings. The molecule has 0 bridgehead atoms. The first-order chi connectivity index (χ1) is 16.6. The number of carbonyl (C=O) groups excluding carboxylic acids is 4. The molecule has 1 aliphatic carbocycles. The molecule has 4 amide bonds. The third-order valence-corrected chi connectivity index (χ3v) is 6.15. The Morgan fingerprint density at radius 2 is 1.49 bits per heavy atom. The number of alkyl halides is 3. The highest BCUT2D eigenvalue weighted by Crippen LogP contribution is 2.36. The minimum atomic E-state index is -4.55. The van der Waals surface area contributed by atoms with Crippen molar-refractivity contribution >= 4 is 35.0 Å². The number of rotatable bonds is 5. The van der Waals surface area contributed by atoms with Crippen molar-refractivity contribution in [2.75, 3.05) is 10.6 Å². The Bertz CT molecular complexity index is 1200. The molecule has 1 saturated heterocycles. The van der Waals surface area contributed by atoms with Crippen LogP contribution in [0.5, 0.6) is 0 Å². The van der Waals surface area contributed by atoms with Crippen LogP contribution < -0.4 is 10.6 Å². The van der Waals surface area contributed by atoms with E-state index in [0.717, 1.165) is 17.0 Å². The maximum atomic E-state index is 12.9. The summed E-state index contributed by atoms with van der Waals surface area (Å²) in [4.78, 5) is 51.8. The molecule has 1 aliphatic heterocycles. The lowest BCUT2D eigenvalue weighted by molar-refractivity contribution is -0.146. The first-order valence-electron chi connectivity index (χ1n) is 11.0. The van der Waals surface area contributed by atoms with Gasteiger partial charge in [0.1, 0.15) is 6.04 Å². The van der Waals surface area contributed by atoms with Crippen LogP contribution in [0.2, 0.25) is 0 Å². The summed E-state index contributed by atoms with van der Waals surface area (Å²) in [5.74, 6) is -2.93. The van der Waals surface area contributed by atoms with E-state index in [4.69, 9.17) is 0 Å². The molecule has 2 aromatic rings. The first kappa shape index (κ1) is 24.2. The molecule has 1 fully saturated rings. The minimum absolute atomic E-state index is 0.0325. The number of fused-ring (bicyclic) bond motifs is 1. The number of nitrogens with zero attached hydrogens (tertiary/aromatic N) is 1. The van der Waals surface area contributed by atoms with Crippen LogP contribution in [-0.4, -0.2) is 34.6 Å². The Morgan fingerprint density at radius 3 is 2.09 bits per heavy atom. The van der Waals surface area contributed by atoms with Crippen LogP contribution in [0.3, 0.4) is 0 Å². The Morgan fingerprint density at radius 1 is 0.914 bits per heavy atom. The summed E-state index contributed by atoms with van der Waals surface area (Å²) in [6, 6.07) is 8.98. The second-order valence-corrected chi connectivity index (χ2v) is 8.48. The van der Waals surface area contributed by atoms with Crippen LogP contribution >= 0.6 is 0 Å². The average molecular weight is 485 g/mol. The second kappa shape index (κ2) is 9.36. The molecule has 4 rings (SSSR count). The number of hydrogen-bond donors (Lipinski definition) is 2. The fourth-order valence-electron chi connectivity index (χ4n) is 4.29. The SMILES string of the molecule is C[C@@H](C(=O)Nc1cccc(C(=O)Nc2cccc(C(F)(F)F)c2)c1)N1C(=O)C2CC=CCC2C1=O. The zero-order valence-electron chi connectivity index (χ0n) is 18.6. The summed E-state index contributed by atoms with van der Waals surface area (Å²) in [6.45, 7) is 1.46. The number of allylic oxidation sites excluding steroid dienone is 2. The van der Waals surface area contributed by atoms with E-state index in [1.165, 1.54) is 43.3 Å². The molecule has 0 radical (unpaired) electrons. The van der Waals surface area contributed by atoms with E-state index in [9.17, 15) is 32.3 Å². The maximum Gasteiger partial charge on any atom is 0.416 e. The number of benzene rings is 2. The van der Waals surface area contributed by atoms with Gasteiger partial charge in [-0.25, -0.2) is 0 Å². The normalized spacial score (nSPS) is 20.4. The van der Waals surface area contributed by atoms with E-state index in [2.05, 4.69) is 10.6 Å². The van der Waals surface area contributed by atoms with E-state index in [-0.39, 0.29) is 28.8 Å². The standard InChI is InChI=1S/C25H22F3N3O4/c1-14(31-23(34)19-10-2-3-11-20(19)24(31)35)21(32)29-17-8-4-6-15(12-17)22(33)30-18-9-5-7-16(13-18)25(26,27)28/h2-9,12-14,19-20H,10-11H2,1H3,(H,29,32)(H,30,33)/t14-,19?,20?/m0/s1. The van der Waals surface area contributed by atoms with Crippen LogP contribution in [0.15, 0.2) is 60.7 Å². The zero-order valence-corrected chi connectivity index (χ0v) is 18.6. The number of halogens is 3. The van der Waals surface area contributed by atoms with Crippen molar-refractivity contribution in [1.29, 1.82) is 0 Å². The van der Waals surface area contributed by atoms with E-state index in [1.807, 2.05) is 12.2 Å². The molecule has 2 aromatic carbocycles. The molecule has 182 valence electrons. The van der Waals surface area contributed by atoms with Crippen molar-refractivity contribution in [1.82, 2.24) is 4.90 Å². The number of imide groups is 1. The van der Waals surface area contributed by atoms with Crippen LogP contribution in [0.1, 0.15) is 35.7 Å². The van der Waals surface area contributed by atoms with Gasteiger partial charge in [-0.3, -0.25) is 24.1 Å². The summed E-state index contributed by atoms with van der Waals surface area (Å²) < 4.78 is 38.7. The van der Waals surface area contributed by atoms with Gasteiger partial charge in [0, 0.05) is 16.9 Å². The fourth-order valence-corrected chi connectivity index (χ4v) is 4.29. The van der Waals surface area contributed by atoms with Gasteiger partial charge < -0.3 is 10.6 Å². The number of likely N-dealkylation sites (tertiary alicyclic amines) is 1. The minimum Gasteiger partial charge on any atom is -0.324 e. The lowest BCUT2D eigenvalue weighted by Crippen LogP contribution is -2.46. The smallest absolute Gasteiger partial charge is 0.324 e. The molecule has 7 nitrogen and oxygen atoms in total. The Balaban J connectivity index is 1.44. The highest BCUT2D eigenvalue weighted by Gasteiger charge is 2.50. The predicted molar refractivity (Wildman–Crippen MR) is 121 cm³/mol. The Kier molecular flexibility index (Phi) is 6.47. The van der Waals surface area contributed by atoms with Crippen LogP contribution in [0.4, 0.5) is 24.5 Å². The van der Waals surface area contributed by atoms with E-state index in [1.54, 1.807) is 0 Å². The predicted octanol–water partition coefficient (Wildman–Crippen LogP) is 4.24. The Labute approximate surface area is 199 Å². The third kappa shape index (κ3) is 4.96. The van der Waals surface area contributed by atoms with Gasteiger partial charge in [-0.05, 0) is 56.2 Å². The van der Waals surface area contributed by atoms with E-state index >= 15 is 0 Å². The van der Waals surface area contributed by atoms with Crippen molar-refractivity contribution in [2.24, 2.45) is 11.8 Å². The number of anilines is 2. The van der Waals surface area contributed by atoms with Gasteiger partial charge >= 0.3 is 6.18 Å². The molecule has 2 unspecified atom stereocenters. The maximum absolute atomic E-state index is 12.9. The Hall–Kier alpha value is -3.95. The largest absolute Gasteiger partial charge is 0.416 e. The van der Waals surface area contributed by atoms with Gasteiger partial charge in [0.25, 0.3) is 5.91 Å². The summed E-state index contributed by atoms with van der Waals surface area (Å²) >= 11 is 0. The topological polar surface area (TPSA) is 95.6 Å². The quantitative estimate of drug-likeness (QED) is 0.489. The van der Waals surface area contributed by atoms with Crippen molar-refractivity contribution < 1.29 is 32.3 Å². The van der Waals surface area contributed by atoms with Crippen LogP contribution in [0, 0.1) is 11.8 Å². The van der Waals surface area contributed by atoms with Crippen molar-refractivity contribution in [3.8, 4) is 0 Å². The van der Waals surface area contributed by atoms with Gasteiger partial charge in [-0.2, -0.15) is 13.2 Å². The van der Waals surface area contributed by atoms with E-state index < -0.39 is 41.4 Å². The second-order valence-electron chi connectivity index (χ2n) is 8.48. The molecule has 35 heavy (non-hydrogen) atoms. The van der Waals surface area contributed by atoms with Crippen LogP contribution in [-0.2, 0) is 20.6 Å². The highest BCUT2D eigenvalue weighted by atomic mass is 19.4. The number of carbonyl (C=O) groups is 4. The molecule has 10 heteroatoms. The molecule has 0 saturated carbocycles. The fraction of sp³-hybridized carbons (Fsp3) is 0.280. The average Bonchev–Trinajstić information content (AvgIpc) is 3.08. The van der Waals surface area contributed by atoms with Gasteiger partial charge in [0.15, 0.2) is 0 Å². The van der Waals surface area contributed by atoms with Gasteiger partial charge in [0.2, 0.25) is 17.7 Å². The van der Waals surface area contributed by atoms with Crippen molar-refractivity contribution in [3.63, 3.8) is 0 Å². The number of hydrogen-bond acceptors (Lipinski definition) is 4. The van der Waals surface area contributed by atoms with Crippen LogP contribution in [0.25, 0.3) is 0 Å². The zero-order chi connectivity index (χ0) is 25.3. The summed E-state index contributed by atoms with van der Waals surface area (Å²) in [7, 11) is 0. The third-order valence-electron chi connectivity index (χ3n) is 6.15. The highest BCUT2D eigenvalue weighted by molar-refractivity contribution is 6.10. The first-order valence-corrected chi connectivity index (χ1v) is 11.0. The van der Waals surface area contributed by atoms with E-state index in [0.29, 0.717) is 12.8 Å². The molecular formula is C25H22F3N3O4. The molecule has 0 aromatic heterocycles. The summed E-state index contributed by atoms with van der Waals surface area (Å²) in [5, 5.41) is 5.00. The molecule has 1 heterocycles. The van der Waals surface area contributed by atoms with Crippen molar-refractivity contribution in [2.45, 2.75) is 32.0 Å². The summed E-state index contributed by atoms with van der Waals surface area (Å²) in [6.07, 6.45) is 0.0905. The van der Waals surface area contributed by atoms with Gasteiger partial charge in [0.05, 0.1) is 17.4 Å². The number of amides is 4. The monoisotopic (exact) mass is 485 g/mol. The molecule has 0 spiro atoms. The lowest BCUT2D eigenvalue weighted by Gasteiger charge is -2.22.